The van der Waals surface area contributed by atoms with Crippen molar-refractivity contribution in [1.29, 1.82) is 0 Å². The fraction of sp³-hybridized carbons (Fsp3) is 0.467. The van der Waals surface area contributed by atoms with Crippen LogP contribution in [0.5, 0.6) is 0 Å². The number of nitrogens with one attached hydrogen (secondary N) is 1. The predicted octanol–water partition coefficient (Wildman–Crippen LogP) is 2.98. The number of likely N-dealkylation sites (tertiary alicyclic amines) is 1. The number of aromatic nitrogens is 2. The summed E-state index contributed by atoms with van der Waals surface area (Å²) in [5.74, 6) is 0.609. The zero-order chi connectivity index (χ0) is 13.9. The maximum Gasteiger partial charge on any atom is 0.230 e. The number of piperidine rings is 1. The van der Waals surface area contributed by atoms with E-state index in [1.54, 1.807) is 17.5 Å². The third kappa shape index (κ3) is 2.63. The number of H-pyrrole nitrogens is 1. The highest BCUT2D eigenvalue weighted by Crippen LogP contribution is 2.29. The molecule has 1 aliphatic rings. The summed E-state index contributed by atoms with van der Waals surface area (Å²) in [6.45, 7) is 3.68. The van der Waals surface area contributed by atoms with Gasteiger partial charge in [-0.1, -0.05) is 6.07 Å². The van der Waals surface area contributed by atoms with Crippen LogP contribution in [0.25, 0.3) is 0 Å². The lowest BCUT2D eigenvalue weighted by atomic mass is 9.94. The van der Waals surface area contributed by atoms with E-state index in [0.29, 0.717) is 5.92 Å². The molecule has 1 amide bonds. The summed E-state index contributed by atoms with van der Waals surface area (Å²) in [6.07, 6.45) is 3.97. The van der Waals surface area contributed by atoms with Gasteiger partial charge in [-0.3, -0.25) is 9.89 Å². The molecule has 4 nitrogen and oxygen atoms in total. The monoisotopic (exact) mass is 289 g/mol. The van der Waals surface area contributed by atoms with E-state index in [-0.39, 0.29) is 11.8 Å². The third-order valence-electron chi connectivity index (χ3n) is 4.04. The second-order valence-electron chi connectivity index (χ2n) is 5.37. The molecule has 0 spiro atoms. The summed E-state index contributed by atoms with van der Waals surface area (Å²) in [6, 6.07) is 6.07. The second-order valence-corrected chi connectivity index (χ2v) is 6.35. The zero-order valence-electron chi connectivity index (χ0n) is 11.6. The Labute approximate surface area is 122 Å². The summed E-state index contributed by atoms with van der Waals surface area (Å²) < 4.78 is 0. The number of amides is 1. The van der Waals surface area contributed by atoms with E-state index in [4.69, 9.17) is 0 Å². The van der Waals surface area contributed by atoms with Crippen LogP contribution < -0.4 is 0 Å². The van der Waals surface area contributed by atoms with Crippen LogP contribution in [0.3, 0.4) is 0 Å². The van der Waals surface area contributed by atoms with E-state index in [0.717, 1.165) is 36.5 Å². The molecule has 3 heterocycles. The Balaban J connectivity index is 1.69. The fourth-order valence-corrected chi connectivity index (χ4v) is 3.63. The molecule has 5 heteroatoms. The normalized spacial score (nSPS) is 20.9. The van der Waals surface area contributed by atoms with Gasteiger partial charge in [-0.2, -0.15) is 5.10 Å². The standard InChI is InChI=1S/C15H19N3OS/c1-11(14-5-3-9-20-14)15(19)18-8-2-4-12(10-18)13-6-7-16-17-13/h3,5-7,9,11-12H,2,4,8,10H2,1H3,(H,16,17)/t11-,12+/m1/s1. The van der Waals surface area contributed by atoms with Crippen LogP contribution in [0.2, 0.25) is 0 Å². The number of nitrogens with zero attached hydrogens (tertiary/aromatic N) is 2. The van der Waals surface area contributed by atoms with Gasteiger partial charge in [-0.25, -0.2) is 0 Å². The molecule has 2 atom stereocenters. The molecule has 106 valence electrons. The Bertz CT molecular complexity index is 550. The van der Waals surface area contributed by atoms with Gasteiger partial charge in [0.2, 0.25) is 5.91 Å². The molecule has 0 bridgehead atoms. The Morgan fingerprint density at radius 2 is 2.45 bits per heavy atom. The van der Waals surface area contributed by atoms with Crippen LogP contribution in [-0.4, -0.2) is 34.1 Å². The van der Waals surface area contributed by atoms with Crippen LogP contribution in [0, 0.1) is 0 Å². The average molecular weight is 289 g/mol. The number of hydrogen-bond acceptors (Lipinski definition) is 3. The Kier molecular flexibility index (Phi) is 3.87. The van der Waals surface area contributed by atoms with E-state index in [1.165, 1.54) is 0 Å². The highest BCUT2D eigenvalue weighted by molar-refractivity contribution is 7.10. The summed E-state index contributed by atoms with van der Waals surface area (Å²) >= 11 is 1.66. The van der Waals surface area contributed by atoms with Gasteiger partial charge in [-0.15, -0.1) is 11.3 Å². The van der Waals surface area contributed by atoms with Gasteiger partial charge < -0.3 is 4.90 Å². The maximum absolute atomic E-state index is 12.6. The van der Waals surface area contributed by atoms with Gasteiger partial charge in [0.25, 0.3) is 0 Å². The minimum absolute atomic E-state index is 0.0319. The van der Waals surface area contributed by atoms with Crippen molar-refractivity contribution in [1.82, 2.24) is 15.1 Å². The average Bonchev–Trinajstić information content (AvgIpc) is 3.18. The number of carbonyl (C=O) groups excluding carboxylic acids is 1. The quantitative estimate of drug-likeness (QED) is 0.944. The van der Waals surface area contributed by atoms with E-state index in [2.05, 4.69) is 10.2 Å². The highest BCUT2D eigenvalue weighted by Gasteiger charge is 2.29. The SMILES string of the molecule is C[C@@H](C(=O)N1CCC[C@H](c2ccn[nH]2)C1)c1cccs1. The second kappa shape index (κ2) is 5.79. The molecule has 2 aromatic rings. The predicted molar refractivity (Wildman–Crippen MR) is 79.9 cm³/mol. The molecule has 1 aliphatic heterocycles. The first-order valence-electron chi connectivity index (χ1n) is 7.07. The summed E-state index contributed by atoms with van der Waals surface area (Å²) in [4.78, 5) is 15.8. The van der Waals surface area contributed by atoms with Crippen molar-refractivity contribution in [3.05, 3.63) is 40.3 Å². The molecule has 0 aliphatic carbocycles. The first-order chi connectivity index (χ1) is 9.75. The van der Waals surface area contributed by atoms with Crippen LogP contribution in [0.15, 0.2) is 29.8 Å². The molecular weight excluding hydrogens is 270 g/mol. The summed E-state index contributed by atoms with van der Waals surface area (Å²) in [5.41, 5.74) is 1.14. The van der Waals surface area contributed by atoms with Crippen molar-refractivity contribution in [3.8, 4) is 0 Å². The van der Waals surface area contributed by atoms with E-state index >= 15 is 0 Å². The van der Waals surface area contributed by atoms with Crippen molar-refractivity contribution < 1.29 is 4.79 Å². The van der Waals surface area contributed by atoms with Crippen LogP contribution in [-0.2, 0) is 4.79 Å². The summed E-state index contributed by atoms with van der Waals surface area (Å²) in [7, 11) is 0. The number of rotatable bonds is 3. The Morgan fingerprint density at radius 1 is 1.55 bits per heavy atom. The molecule has 2 aromatic heterocycles. The van der Waals surface area contributed by atoms with Gasteiger partial charge in [0, 0.05) is 35.8 Å². The largest absolute Gasteiger partial charge is 0.341 e. The lowest BCUT2D eigenvalue weighted by Gasteiger charge is -2.33. The van der Waals surface area contributed by atoms with Gasteiger partial charge in [0.1, 0.15) is 0 Å². The minimum Gasteiger partial charge on any atom is -0.341 e. The maximum atomic E-state index is 12.6. The third-order valence-corrected chi connectivity index (χ3v) is 5.09. The first kappa shape index (κ1) is 13.4. The van der Waals surface area contributed by atoms with Gasteiger partial charge in [-0.05, 0) is 37.3 Å². The molecule has 1 fully saturated rings. The van der Waals surface area contributed by atoms with Crippen molar-refractivity contribution >= 4 is 17.2 Å². The lowest BCUT2D eigenvalue weighted by Crippen LogP contribution is -2.41. The molecule has 1 N–H and O–H groups in total. The van der Waals surface area contributed by atoms with E-state index in [9.17, 15) is 4.79 Å². The number of hydrogen-bond donors (Lipinski definition) is 1. The smallest absolute Gasteiger partial charge is 0.230 e. The molecular formula is C15H19N3OS. The Hall–Kier alpha value is -1.62. The molecule has 0 unspecified atom stereocenters. The van der Waals surface area contributed by atoms with Crippen molar-refractivity contribution in [2.24, 2.45) is 0 Å². The Morgan fingerprint density at radius 3 is 3.15 bits per heavy atom. The van der Waals surface area contributed by atoms with Gasteiger partial charge in [0.15, 0.2) is 0 Å². The molecule has 1 saturated heterocycles. The highest BCUT2D eigenvalue weighted by atomic mass is 32.1. The number of aromatic amines is 1. The number of carbonyl (C=O) groups is 1. The van der Waals surface area contributed by atoms with Crippen molar-refractivity contribution in [2.75, 3.05) is 13.1 Å². The molecule has 20 heavy (non-hydrogen) atoms. The van der Waals surface area contributed by atoms with Crippen LogP contribution >= 0.6 is 11.3 Å². The van der Waals surface area contributed by atoms with Gasteiger partial charge >= 0.3 is 0 Å². The summed E-state index contributed by atoms with van der Waals surface area (Å²) in [5, 5.41) is 9.08. The molecule has 0 saturated carbocycles. The van der Waals surface area contributed by atoms with E-state index in [1.807, 2.05) is 35.4 Å². The topological polar surface area (TPSA) is 49.0 Å². The molecule has 3 rings (SSSR count). The van der Waals surface area contributed by atoms with Crippen molar-refractivity contribution in [3.63, 3.8) is 0 Å². The fourth-order valence-electron chi connectivity index (χ4n) is 2.86. The van der Waals surface area contributed by atoms with Crippen LogP contribution in [0.1, 0.15) is 42.2 Å². The minimum atomic E-state index is -0.0319. The first-order valence-corrected chi connectivity index (χ1v) is 7.95. The number of thiophene rings is 1. The van der Waals surface area contributed by atoms with Gasteiger partial charge in [0.05, 0.1) is 5.92 Å². The van der Waals surface area contributed by atoms with Crippen LogP contribution in [0.4, 0.5) is 0 Å². The van der Waals surface area contributed by atoms with Crippen molar-refractivity contribution in [2.45, 2.75) is 31.6 Å². The van der Waals surface area contributed by atoms with E-state index < -0.39 is 0 Å². The lowest BCUT2D eigenvalue weighted by molar-refractivity contribution is -0.133. The molecule has 0 aromatic carbocycles. The zero-order valence-corrected chi connectivity index (χ0v) is 12.4. The molecule has 0 radical (unpaired) electrons.